The number of hydrogen-bond donors (Lipinski definition) is 3. The third kappa shape index (κ3) is 3.15. The van der Waals surface area contributed by atoms with Crippen LogP contribution in [0.25, 0.3) is 0 Å². The van der Waals surface area contributed by atoms with Crippen LogP contribution in [0.4, 0.5) is 0 Å². The van der Waals surface area contributed by atoms with Gasteiger partial charge < -0.3 is 15.5 Å². The van der Waals surface area contributed by atoms with Crippen molar-refractivity contribution in [1.82, 2.24) is 5.32 Å². The van der Waals surface area contributed by atoms with Crippen LogP contribution in [0, 0.1) is 0 Å². The highest BCUT2D eigenvalue weighted by Crippen LogP contribution is 2.26. The summed E-state index contributed by atoms with van der Waals surface area (Å²) in [6.45, 7) is 1.19. The summed E-state index contributed by atoms with van der Waals surface area (Å²) < 4.78 is 0. The Kier molecular flexibility index (Phi) is 4.07. The molecule has 2 rings (SSSR count). The van der Waals surface area contributed by atoms with E-state index in [9.17, 15) is 5.11 Å². The van der Waals surface area contributed by atoms with E-state index >= 15 is 0 Å². The minimum absolute atomic E-state index is 0.123. The van der Waals surface area contributed by atoms with E-state index in [0.29, 0.717) is 18.1 Å². The van der Waals surface area contributed by atoms with Crippen LogP contribution in [-0.4, -0.2) is 10.2 Å². The van der Waals surface area contributed by atoms with Crippen molar-refractivity contribution in [2.24, 2.45) is 0 Å². The van der Waals surface area contributed by atoms with Gasteiger partial charge in [-0.25, -0.2) is 0 Å². The van der Waals surface area contributed by atoms with Crippen molar-refractivity contribution in [1.29, 1.82) is 0 Å². The summed E-state index contributed by atoms with van der Waals surface area (Å²) in [5.74, 6) is 0.378. The Bertz CT molecular complexity index is 526. The van der Waals surface area contributed by atoms with Crippen LogP contribution in [0.2, 0.25) is 5.02 Å². The van der Waals surface area contributed by atoms with Crippen molar-refractivity contribution in [2.75, 3.05) is 0 Å². The van der Waals surface area contributed by atoms with Gasteiger partial charge in [-0.15, -0.1) is 0 Å². The van der Waals surface area contributed by atoms with Gasteiger partial charge in [0.2, 0.25) is 0 Å². The molecule has 0 bridgehead atoms. The van der Waals surface area contributed by atoms with E-state index in [1.165, 1.54) is 0 Å². The van der Waals surface area contributed by atoms with Crippen molar-refractivity contribution >= 4 is 11.6 Å². The molecule has 2 aromatic rings. The number of para-hydroxylation sites is 1. The van der Waals surface area contributed by atoms with Crippen molar-refractivity contribution < 1.29 is 10.2 Å². The molecular weight excluding hydrogens is 250 g/mol. The molecule has 0 aliphatic rings. The largest absolute Gasteiger partial charge is 0.508 e. The van der Waals surface area contributed by atoms with Crippen molar-refractivity contribution in [3.63, 3.8) is 0 Å². The normalized spacial score (nSPS) is 10.5. The Labute approximate surface area is 111 Å². The van der Waals surface area contributed by atoms with E-state index in [2.05, 4.69) is 5.32 Å². The fourth-order valence-corrected chi connectivity index (χ4v) is 1.85. The zero-order valence-electron chi connectivity index (χ0n) is 9.73. The summed E-state index contributed by atoms with van der Waals surface area (Å²) in [5, 5.41) is 22.5. The van der Waals surface area contributed by atoms with Gasteiger partial charge >= 0.3 is 0 Å². The molecule has 94 valence electrons. The molecule has 0 saturated carbocycles. The van der Waals surface area contributed by atoms with Crippen LogP contribution in [0.3, 0.4) is 0 Å². The minimum Gasteiger partial charge on any atom is -0.508 e. The molecule has 0 atom stereocenters. The molecule has 18 heavy (non-hydrogen) atoms. The number of aromatic hydroxyl groups is 2. The monoisotopic (exact) mass is 263 g/mol. The maximum absolute atomic E-state index is 9.73. The van der Waals surface area contributed by atoms with Crippen LogP contribution >= 0.6 is 11.6 Å². The van der Waals surface area contributed by atoms with Crippen LogP contribution in [0.5, 0.6) is 11.5 Å². The molecule has 0 radical (unpaired) electrons. The first-order chi connectivity index (χ1) is 8.66. The molecule has 0 aromatic heterocycles. The highest BCUT2D eigenvalue weighted by molar-refractivity contribution is 6.32. The highest BCUT2D eigenvalue weighted by Gasteiger charge is 2.04. The summed E-state index contributed by atoms with van der Waals surface area (Å²) in [5.41, 5.74) is 1.83. The zero-order valence-corrected chi connectivity index (χ0v) is 10.5. The fourth-order valence-electron chi connectivity index (χ4n) is 1.66. The lowest BCUT2D eigenvalue weighted by atomic mass is 10.2. The Hall–Kier alpha value is -1.71. The molecule has 3 N–H and O–H groups in total. The van der Waals surface area contributed by atoms with Gasteiger partial charge in [-0.3, -0.25) is 0 Å². The van der Waals surface area contributed by atoms with Gasteiger partial charge in [0.05, 0.1) is 5.02 Å². The van der Waals surface area contributed by atoms with E-state index in [0.717, 1.165) is 11.1 Å². The average molecular weight is 264 g/mol. The SMILES string of the molecule is Oc1ccc(CNCc2cccc(Cl)c2O)cc1. The molecule has 0 aliphatic carbocycles. The van der Waals surface area contributed by atoms with E-state index in [1.807, 2.05) is 18.2 Å². The summed E-state index contributed by atoms with van der Waals surface area (Å²) in [7, 11) is 0. The number of halogens is 1. The van der Waals surface area contributed by atoms with Crippen LogP contribution in [0.15, 0.2) is 42.5 Å². The predicted molar refractivity (Wildman–Crippen MR) is 71.8 cm³/mol. The van der Waals surface area contributed by atoms with Crippen molar-refractivity contribution in [2.45, 2.75) is 13.1 Å². The van der Waals surface area contributed by atoms with Gasteiger partial charge in [0, 0.05) is 18.7 Å². The van der Waals surface area contributed by atoms with E-state index in [1.54, 1.807) is 24.3 Å². The number of phenolic OH excluding ortho intramolecular Hbond substituents is 2. The van der Waals surface area contributed by atoms with E-state index in [4.69, 9.17) is 16.7 Å². The molecule has 0 spiro atoms. The van der Waals surface area contributed by atoms with Gasteiger partial charge in [0.25, 0.3) is 0 Å². The van der Waals surface area contributed by atoms with Gasteiger partial charge in [-0.1, -0.05) is 35.9 Å². The average Bonchev–Trinajstić information content (AvgIpc) is 2.37. The Morgan fingerprint density at radius 1 is 0.944 bits per heavy atom. The first-order valence-electron chi connectivity index (χ1n) is 5.62. The summed E-state index contributed by atoms with van der Waals surface area (Å²) in [4.78, 5) is 0. The third-order valence-corrected chi connectivity index (χ3v) is 2.96. The van der Waals surface area contributed by atoms with Gasteiger partial charge in [0.15, 0.2) is 0 Å². The van der Waals surface area contributed by atoms with Gasteiger partial charge in [-0.05, 0) is 23.8 Å². The highest BCUT2D eigenvalue weighted by atomic mass is 35.5. The molecule has 0 aliphatic heterocycles. The summed E-state index contributed by atoms with van der Waals surface area (Å²) in [6, 6.07) is 12.3. The summed E-state index contributed by atoms with van der Waals surface area (Å²) >= 11 is 5.82. The lowest BCUT2D eigenvalue weighted by Gasteiger charge is -2.08. The number of benzene rings is 2. The maximum atomic E-state index is 9.73. The Morgan fingerprint density at radius 3 is 2.39 bits per heavy atom. The zero-order chi connectivity index (χ0) is 13.0. The Morgan fingerprint density at radius 2 is 1.67 bits per heavy atom. The molecule has 0 fully saturated rings. The Balaban J connectivity index is 1.92. The number of phenols is 2. The fraction of sp³-hybridized carbons (Fsp3) is 0.143. The van der Waals surface area contributed by atoms with Gasteiger partial charge in [0.1, 0.15) is 11.5 Å². The van der Waals surface area contributed by atoms with Crippen LogP contribution < -0.4 is 5.32 Å². The topological polar surface area (TPSA) is 52.5 Å². The lowest BCUT2D eigenvalue weighted by molar-refractivity contribution is 0.464. The van der Waals surface area contributed by atoms with E-state index < -0.39 is 0 Å². The van der Waals surface area contributed by atoms with Gasteiger partial charge in [-0.2, -0.15) is 0 Å². The molecular formula is C14H14ClNO2. The van der Waals surface area contributed by atoms with E-state index in [-0.39, 0.29) is 11.5 Å². The smallest absolute Gasteiger partial charge is 0.138 e. The molecule has 0 heterocycles. The maximum Gasteiger partial charge on any atom is 0.138 e. The predicted octanol–water partition coefficient (Wildman–Crippen LogP) is 3.04. The molecule has 0 unspecified atom stereocenters. The van der Waals surface area contributed by atoms with Crippen molar-refractivity contribution in [3.05, 3.63) is 58.6 Å². The standard InChI is InChI=1S/C14H14ClNO2/c15-13-3-1-2-11(14(13)18)9-16-8-10-4-6-12(17)7-5-10/h1-7,16-18H,8-9H2. The molecule has 0 saturated heterocycles. The third-order valence-electron chi connectivity index (χ3n) is 2.65. The van der Waals surface area contributed by atoms with Crippen molar-refractivity contribution in [3.8, 4) is 11.5 Å². The first-order valence-corrected chi connectivity index (χ1v) is 5.99. The van der Waals surface area contributed by atoms with Crippen LogP contribution in [-0.2, 0) is 13.1 Å². The first kappa shape index (κ1) is 12.7. The second-order valence-electron chi connectivity index (χ2n) is 4.02. The number of rotatable bonds is 4. The number of hydrogen-bond acceptors (Lipinski definition) is 3. The second-order valence-corrected chi connectivity index (χ2v) is 4.42. The second kappa shape index (κ2) is 5.76. The summed E-state index contributed by atoms with van der Waals surface area (Å²) in [6.07, 6.45) is 0. The molecule has 2 aromatic carbocycles. The quantitative estimate of drug-likeness (QED) is 0.795. The lowest BCUT2D eigenvalue weighted by Crippen LogP contribution is -2.12. The minimum atomic E-state index is 0.123. The molecule has 0 amide bonds. The van der Waals surface area contributed by atoms with Crippen LogP contribution in [0.1, 0.15) is 11.1 Å². The molecule has 4 heteroatoms. The number of nitrogens with one attached hydrogen (secondary N) is 1. The molecule has 3 nitrogen and oxygen atoms in total.